The van der Waals surface area contributed by atoms with Crippen molar-refractivity contribution < 1.29 is 18.8 Å². The van der Waals surface area contributed by atoms with E-state index in [1.165, 1.54) is 6.07 Å². The van der Waals surface area contributed by atoms with Crippen LogP contribution >= 0.6 is 27.5 Å². The number of nitrogens with zero attached hydrogens (tertiary/aromatic N) is 5. The van der Waals surface area contributed by atoms with E-state index in [0.29, 0.717) is 21.5 Å². The lowest BCUT2D eigenvalue weighted by molar-refractivity contribution is -0.136. The van der Waals surface area contributed by atoms with Gasteiger partial charge in [0.1, 0.15) is 17.2 Å². The summed E-state index contributed by atoms with van der Waals surface area (Å²) in [5.74, 6) is -1.47. The molecule has 1 aromatic carbocycles. The zero-order chi connectivity index (χ0) is 21.4. The highest BCUT2D eigenvalue weighted by molar-refractivity contribution is 9.10. The molecule has 0 unspecified atom stereocenters. The van der Waals surface area contributed by atoms with Crippen LogP contribution in [-0.4, -0.2) is 30.6 Å². The van der Waals surface area contributed by atoms with Crippen molar-refractivity contribution in [3.8, 4) is 23.0 Å². The third-order valence-corrected chi connectivity index (χ3v) is 5.15. The summed E-state index contributed by atoms with van der Waals surface area (Å²) in [4.78, 5) is 22.8. The van der Waals surface area contributed by atoms with Gasteiger partial charge < -0.3 is 14.0 Å². The van der Waals surface area contributed by atoms with Gasteiger partial charge in [-0.1, -0.05) is 16.8 Å². The predicted molar refractivity (Wildman–Crippen MR) is 109 cm³/mol. The molecule has 0 amide bonds. The Kier molecular flexibility index (Phi) is 5.24. The second kappa shape index (κ2) is 7.85. The summed E-state index contributed by atoms with van der Waals surface area (Å²) in [6, 6.07) is 4.16. The SMILES string of the molecule is [C-]#[N+]c1cc(Br)c2nc(-c3nc(-c4cc(F)c(CCC(=O)O)cc4Cl)no3)cn2c1. The minimum absolute atomic E-state index is 0.0153. The Morgan fingerprint density at radius 1 is 1.33 bits per heavy atom. The lowest BCUT2D eigenvalue weighted by Crippen LogP contribution is -2.00. The maximum Gasteiger partial charge on any atom is 0.303 e. The van der Waals surface area contributed by atoms with Crippen LogP contribution in [0, 0.1) is 12.4 Å². The van der Waals surface area contributed by atoms with E-state index in [2.05, 4.69) is 35.9 Å². The molecule has 0 atom stereocenters. The molecular formula is C19H10BrClFN5O3. The van der Waals surface area contributed by atoms with Crippen LogP contribution in [0.3, 0.4) is 0 Å². The van der Waals surface area contributed by atoms with Crippen LogP contribution in [0.15, 0.2) is 39.6 Å². The van der Waals surface area contributed by atoms with E-state index in [-0.39, 0.29) is 40.7 Å². The summed E-state index contributed by atoms with van der Waals surface area (Å²) in [5, 5.41) is 12.8. The summed E-state index contributed by atoms with van der Waals surface area (Å²) in [7, 11) is 0. The molecule has 3 aromatic heterocycles. The van der Waals surface area contributed by atoms with Gasteiger partial charge in [0, 0.05) is 24.4 Å². The highest BCUT2D eigenvalue weighted by Gasteiger charge is 2.19. The molecule has 0 saturated heterocycles. The summed E-state index contributed by atoms with van der Waals surface area (Å²) in [6.45, 7) is 7.14. The number of aliphatic carboxylic acids is 1. The van der Waals surface area contributed by atoms with E-state index in [4.69, 9.17) is 27.8 Å². The molecule has 0 fully saturated rings. The van der Waals surface area contributed by atoms with Crippen molar-refractivity contribution in [3.05, 3.63) is 62.9 Å². The monoisotopic (exact) mass is 489 g/mol. The summed E-state index contributed by atoms with van der Waals surface area (Å²) in [5.41, 5.74) is 1.75. The van der Waals surface area contributed by atoms with E-state index in [0.717, 1.165) is 6.07 Å². The molecule has 30 heavy (non-hydrogen) atoms. The molecule has 0 aliphatic heterocycles. The number of carboxylic acid groups (broad SMARTS) is 1. The first kappa shape index (κ1) is 20.0. The molecule has 150 valence electrons. The van der Waals surface area contributed by atoms with Gasteiger partial charge in [0.15, 0.2) is 0 Å². The first-order valence-corrected chi connectivity index (χ1v) is 9.62. The van der Waals surface area contributed by atoms with Crippen LogP contribution in [0.1, 0.15) is 12.0 Å². The fraction of sp³-hybridized carbons (Fsp3) is 0.105. The van der Waals surface area contributed by atoms with Crippen LogP contribution in [0.4, 0.5) is 10.1 Å². The van der Waals surface area contributed by atoms with Gasteiger partial charge in [0.2, 0.25) is 11.5 Å². The van der Waals surface area contributed by atoms with Gasteiger partial charge in [-0.15, -0.1) is 0 Å². The van der Waals surface area contributed by atoms with E-state index >= 15 is 0 Å². The number of carboxylic acids is 1. The van der Waals surface area contributed by atoms with Gasteiger partial charge in [-0.25, -0.2) is 14.2 Å². The number of benzene rings is 1. The van der Waals surface area contributed by atoms with Crippen LogP contribution in [0.25, 0.3) is 33.5 Å². The van der Waals surface area contributed by atoms with Gasteiger partial charge in [-0.2, -0.15) is 4.98 Å². The number of halogens is 3. The standard InChI is InChI=1S/C19H10BrClFN5O3/c1-23-10-5-12(20)18-24-15(8-27(18)7-10)19-25-17(26-30-19)11-6-14(22)9(4-13(11)21)2-3-16(28)29/h4-8H,2-3H2,(H,28,29). The Morgan fingerprint density at radius 3 is 2.87 bits per heavy atom. The largest absolute Gasteiger partial charge is 0.481 e. The molecule has 1 N–H and O–H groups in total. The molecule has 0 spiro atoms. The highest BCUT2D eigenvalue weighted by Crippen LogP contribution is 2.31. The van der Waals surface area contributed by atoms with Crippen molar-refractivity contribution >= 4 is 44.8 Å². The molecule has 0 aliphatic rings. The zero-order valence-corrected chi connectivity index (χ0v) is 17.3. The van der Waals surface area contributed by atoms with E-state index < -0.39 is 11.8 Å². The van der Waals surface area contributed by atoms with E-state index in [9.17, 15) is 9.18 Å². The summed E-state index contributed by atoms with van der Waals surface area (Å²) < 4.78 is 21.9. The van der Waals surface area contributed by atoms with Gasteiger partial charge in [-0.05, 0) is 46.1 Å². The Hall–Kier alpha value is -3.29. The number of hydrogen-bond donors (Lipinski definition) is 1. The lowest BCUT2D eigenvalue weighted by atomic mass is 10.1. The number of aryl methyl sites for hydroxylation is 1. The Morgan fingerprint density at radius 2 is 2.13 bits per heavy atom. The van der Waals surface area contributed by atoms with Crippen LogP contribution in [-0.2, 0) is 11.2 Å². The zero-order valence-electron chi connectivity index (χ0n) is 14.9. The fourth-order valence-electron chi connectivity index (χ4n) is 2.84. The molecule has 0 radical (unpaired) electrons. The number of rotatable bonds is 5. The number of hydrogen-bond acceptors (Lipinski definition) is 5. The second-order valence-electron chi connectivity index (χ2n) is 6.26. The molecule has 0 aliphatic carbocycles. The Bertz CT molecular complexity index is 1340. The minimum atomic E-state index is -1.03. The van der Waals surface area contributed by atoms with Crippen molar-refractivity contribution in [2.75, 3.05) is 0 Å². The molecule has 0 saturated carbocycles. The van der Waals surface area contributed by atoms with Crippen molar-refractivity contribution in [1.29, 1.82) is 0 Å². The average Bonchev–Trinajstić information content (AvgIpc) is 3.35. The van der Waals surface area contributed by atoms with Crippen molar-refractivity contribution in [1.82, 2.24) is 19.5 Å². The van der Waals surface area contributed by atoms with E-state index in [1.54, 1.807) is 22.9 Å². The lowest BCUT2D eigenvalue weighted by Gasteiger charge is -2.05. The molecular weight excluding hydrogens is 481 g/mol. The van der Waals surface area contributed by atoms with E-state index in [1.807, 2.05) is 0 Å². The average molecular weight is 491 g/mol. The van der Waals surface area contributed by atoms with Crippen molar-refractivity contribution in [2.24, 2.45) is 0 Å². The first-order valence-electron chi connectivity index (χ1n) is 8.45. The molecule has 8 nitrogen and oxygen atoms in total. The Balaban J connectivity index is 1.69. The highest BCUT2D eigenvalue weighted by atomic mass is 79.9. The fourth-order valence-corrected chi connectivity index (χ4v) is 3.64. The Labute approximate surface area is 181 Å². The molecule has 0 bridgehead atoms. The molecule has 11 heteroatoms. The minimum Gasteiger partial charge on any atom is -0.481 e. The smallest absolute Gasteiger partial charge is 0.303 e. The number of aromatic nitrogens is 4. The number of pyridine rings is 1. The first-order chi connectivity index (χ1) is 14.4. The second-order valence-corrected chi connectivity index (χ2v) is 7.52. The third-order valence-electron chi connectivity index (χ3n) is 4.25. The molecule has 3 heterocycles. The van der Waals surface area contributed by atoms with Crippen molar-refractivity contribution in [2.45, 2.75) is 12.8 Å². The number of carbonyl (C=O) groups is 1. The quantitative estimate of drug-likeness (QED) is 0.387. The normalized spacial score (nSPS) is 11.0. The molecule has 4 aromatic rings. The third kappa shape index (κ3) is 3.77. The number of imidazole rings is 1. The predicted octanol–water partition coefficient (Wildman–Crippen LogP) is 5.17. The number of fused-ring (bicyclic) bond motifs is 1. The maximum atomic E-state index is 14.4. The van der Waals surface area contributed by atoms with Crippen molar-refractivity contribution in [3.63, 3.8) is 0 Å². The summed E-state index contributed by atoms with van der Waals surface area (Å²) >= 11 is 9.61. The van der Waals surface area contributed by atoms with Gasteiger partial charge in [-0.3, -0.25) is 4.79 Å². The van der Waals surface area contributed by atoms with Gasteiger partial charge in [0.25, 0.3) is 5.89 Å². The van der Waals surface area contributed by atoms with Gasteiger partial charge >= 0.3 is 5.97 Å². The van der Waals surface area contributed by atoms with Crippen LogP contribution in [0.2, 0.25) is 5.02 Å². The maximum absolute atomic E-state index is 14.4. The van der Waals surface area contributed by atoms with Crippen LogP contribution < -0.4 is 0 Å². The molecule has 4 rings (SSSR count). The topological polar surface area (TPSA) is 97.9 Å². The van der Waals surface area contributed by atoms with Crippen LogP contribution in [0.5, 0.6) is 0 Å². The summed E-state index contributed by atoms with van der Waals surface area (Å²) in [6.07, 6.45) is 3.05. The van der Waals surface area contributed by atoms with Gasteiger partial charge in [0.05, 0.1) is 16.1 Å².